The number of nitrogens with zero attached hydrogens (tertiary/aromatic N) is 2. The van der Waals surface area contributed by atoms with Crippen LogP contribution in [0, 0.1) is 0 Å². The quantitative estimate of drug-likeness (QED) is 0.651. The highest BCUT2D eigenvalue weighted by Crippen LogP contribution is 2.40. The molecule has 0 heterocycles. The molecule has 1 aromatic carbocycles. The minimum absolute atomic E-state index is 0.254. The summed E-state index contributed by atoms with van der Waals surface area (Å²) in [6.07, 6.45) is 6.11. The number of fused-ring (bicyclic) bond motifs is 1. The van der Waals surface area contributed by atoms with E-state index in [1.165, 1.54) is 43.2 Å². The standard InChI is InChI=1S/C16H24N4/c1-20(2)16(8-9-16)11-18-15(17)19-14-7-6-12-4-3-5-13(12)10-14/h6-7,10H,3-5,8-9,11H2,1-2H3,(H3,17,18,19). The molecule has 0 atom stereocenters. The van der Waals surface area contributed by atoms with Crippen molar-refractivity contribution in [3.63, 3.8) is 0 Å². The first-order chi connectivity index (χ1) is 9.59. The third-order valence-electron chi connectivity index (χ3n) is 4.69. The van der Waals surface area contributed by atoms with Crippen molar-refractivity contribution in [2.24, 2.45) is 10.7 Å². The molecular weight excluding hydrogens is 248 g/mol. The lowest BCUT2D eigenvalue weighted by Gasteiger charge is -2.21. The van der Waals surface area contributed by atoms with Crippen LogP contribution < -0.4 is 11.1 Å². The molecule has 1 fully saturated rings. The molecule has 0 spiro atoms. The number of guanidine groups is 1. The number of nitrogens with one attached hydrogen (secondary N) is 1. The Morgan fingerprint density at radius 3 is 2.75 bits per heavy atom. The number of rotatable bonds is 4. The summed E-state index contributed by atoms with van der Waals surface area (Å²) < 4.78 is 0. The minimum atomic E-state index is 0.254. The van der Waals surface area contributed by atoms with E-state index in [0.717, 1.165) is 12.2 Å². The van der Waals surface area contributed by atoms with Gasteiger partial charge in [-0.05, 0) is 69.5 Å². The highest BCUT2D eigenvalue weighted by Gasteiger charge is 2.44. The van der Waals surface area contributed by atoms with Crippen LogP contribution in [-0.2, 0) is 12.8 Å². The zero-order valence-electron chi connectivity index (χ0n) is 12.4. The van der Waals surface area contributed by atoms with Gasteiger partial charge in [0.05, 0.1) is 6.54 Å². The third-order valence-corrected chi connectivity index (χ3v) is 4.69. The SMILES string of the molecule is CN(C)C1(CN=C(N)Nc2ccc3c(c2)CCC3)CC1. The van der Waals surface area contributed by atoms with Gasteiger partial charge in [0, 0.05) is 11.2 Å². The van der Waals surface area contributed by atoms with Crippen molar-refractivity contribution >= 4 is 11.6 Å². The topological polar surface area (TPSA) is 53.6 Å². The van der Waals surface area contributed by atoms with Gasteiger partial charge in [-0.15, -0.1) is 0 Å². The molecule has 3 N–H and O–H groups in total. The van der Waals surface area contributed by atoms with E-state index in [0.29, 0.717) is 5.96 Å². The van der Waals surface area contributed by atoms with E-state index in [-0.39, 0.29) is 5.54 Å². The van der Waals surface area contributed by atoms with Gasteiger partial charge < -0.3 is 16.0 Å². The van der Waals surface area contributed by atoms with E-state index >= 15 is 0 Å². The number of benzene rings is 1. The molecule has 1 saturated carbocycles. The van der Waals surface area contributed by atoms with E-state index < -0.39 is 0 Å². The van der Waals surface area contributed by atoms with E-state index in [2.05, 4.69) is 47.5 Å². The van der Waals surface area contributed by atoms with Gasteiger partial charge in [-0.1, -0.05) is 6.07 Å². The predicted octanol–water partition coefficient (Wildman–Crippen LogP) is 2.00. The fraction of sp³-hybridized carbons (Fsp3) is 0.562. The van der Waals surface area contributed by atoms with Gasteiger partial charge >= 0.3 is 0 Å². The molecule has 4 nitrogen and oxygen atoms in total. The van der Waals surface area contributed by atoms with Crippen molar-refractivity contribution in [3.8, 4) is 0 Å². The summed E-state index contributed by atoms with van der Waals surface area (Å²) in [7, 11) is 4.24. The first-order valence-corrected chi connectivity index (χ1v) is 7.45. The van der Waals surface area contributed by atoms with Crippen molar-refractivity contribution < 1.29 is 0 Å². The van der Waals surface area contributed by atoms with E-state index in [1.807, 2.05) is 0 Å². The lowest BCUT2D eigenvalue weighted by Crippen LogP contribution is -2.34. The van der Waals surface area contributed by atoms with Crippen molar-refractivity contribution in [3.05, 3.63) is 29.3 Å². The highest BCUT2D eigenvalue weighted by atomic mass is 15.2. The second kappa shape index (κ2) is 5.09. The Balaban J connectivity index is 1.62. The summed E-state index contributed by atoms with van der Waals surface area (Å²) in [5.74, 6) is 0.524. The number of aliphatic imine (C=N–C) groups is 1. The average Bonchev–Trinajstić information content (AvgIpc) is 3.08. The number of likely N-dealkylation sites (N-methyl/N-ethyl adjacent to an activating group) is 1. The first kappa shape index (κ1) is 13.4. The fourth-order valence-electron chi connectivity index (χ4n) is 2.96. The summed E-state index contributed by atoms with van der Waals surface area (Å²) in [4.78, 5) is 6.77. The summed E-state index contributed by atoms with van der Waals surface area (Å²) >= 11 is 0. The summed E-state index contributed by atoms with van der Waals surface area (Å²) in [5, 5.41) is 3.22. The van der Waals surface area contributed by atoms with Crippen LogP contribution in [0.1, 0.15) is 30.4 Å². The monoisotopic (exact) mass is 272 g/mol. The zero-order chi connectivity index (χ0) is 14.2. The van der Waals surface area contributed by atoms with Crippen LogP contribution in [0.5, 0.6) is 0 Å². The van der Waals surface area contributed by atoms with Crippen LogP contribution in [0.2, 0.25) is 0 Å². The molecule has 0 radical (unpaired) electrons. The lowest BCUT2D eigenvalue weighted by molar-refractivity contribution is 0.279. The maximum absolute atomic E-state index is 6.01. The smallest absolute Gasteiger partial charge is 0.193 e. The Bertz CT molecular complexity index is 529. The van der Waals surface area contributed by atoms with Crippen LogP contribution in [-0.4, -0.2) is 37.0 Å². The van der Waals surface area contributed by atoms with Crippen molar-refractivity contribution in [1.82, 2.24) is 4.90 Å². The Kier molecular flexibility index (Phi) is 3.42. The Labute approximate surface area is 121 Å². The highest BCUT2D eigenvalue weighted by molar-refractivity contribution is 5.92. The number of hydrogen-bond donors (Lipinski definition) is 2. The van der Waals surface area contributed by atoms with Gasteiger partial charge in [-0.2, -0.15) is 0 Å². The summed E-state index contributed by atoms with van der Waals surface area (Å²) in [6.45, 7) is 0.782. The van der Waals surface area contributed by atoms with Crippen molar-refractivity contribution in [1.29, 1.82) is 0 Å². The predicted molar refractivity (Wildman–Crippen MR) is 84.2 cm³/mol. The molecule has 1 aromatic rings. The molecule has 20 heavy (non-hydrogen) atoms. The maximum atomic E-state index is 6.01. The molecule has 0 aliphatic heterocycles. The molecule has 0 unspecified atom stereocenters. The Morgan fingerprint density at radius 1 is 1.30 bits per heavy atom. The van der Waals surface area contributed by atoms with Gasteiger partial charge in [-0.3, -0.25) is 4.99 Å². The number of hydrogen-bond acceptors (Lipinski definition) is 2. The molecule has 3 rings (SSSR count). The fourth-order valence-corrected chi connectivity index (χ4v) is 2.96. The molecular formula is C16H24N4. The van der Waals surface area contributed by atoms with E-state index in [9.17, 15) is 0 Å². The van der Waals surface area contributed by atoms with Gasteiger partial charge in [0.1, 0.15) is 0 Å². The van der Waals surface area contributed by atoms with Crippen LogP contribution in [0.4, 0.5) is 5.69 Å². The number of aryl methyl sites for hydroxylation is 2. The van der Waals surface area contributed by atoms with Gasteiger partial charge in [0.2, 0.25) is 0 Å². The Morgan fingerprint density at radius 2 is 2.05 bits per heavy atom. The van der Waals surface area contributed by atoms with Gasteiger partial charge in [-0.25, -0.2) is 0 Å². The molecule has 0 bridgehead atoms. The minimum Gasteiger partial charge on any atom is -0.370 e. The van der Waals surface area contributed by atoms with Gasteiger partial charge in [0.25, 0.3) is 0 Å². The van der Waals surface area contributed by atoms with Crippen LogP contribution in [0.15, 0.2) is 23.2 Å². The first-order valence-electron chi connectivity index (χ1n) is 7.45. The molecule has 0 amide bonds. The largest absolute Gasteiger partial charge is 0.370 e. The van der Waals surface area contributed by atoms with E-state index in [4.69, 9.17) is 5.73 Å². The van der Waals surface area contributed by atoms with E-state index in [1.54, 1.807) is 0 Å². The van der Waals surface area contributed by atoms with Crippen LogP contribution in [0.25, 0.3) is 0 Å². The summed E-state index contributed by atoms with van der Waals surface area (Å²) in [6, 6.07) is 6.52. The zero-order valence-corrected chi connectivity index (χ0v) is 12.4. The van der Waals surface area contributed by atoms with Gasteiger partial charge in [0.15, 0.2) is 5.96 Å². The van der Waals surface area contributed by atoms with Crippen molar-refractivity contribution in [2.45, 2.75) is 37.6 Å². The molecule has 108 valence electrons. The molecule has 2 aliphatic carbocycles. The average molecular weight is 272 g/mol. The van der Waals surface area contributed by atoms with Crippen molar-refractivity contribution in [2.75, 3.05) is 26.0 Å². The normalized spacial score (nSPS) is 20.1. The second-order valence-electron chi connectivity index (χ2n) is 6.28. The number of nitrogens with two attached hydrogens (primary N) is 1. The lowest BCUT2D eigenvalue weighted by atomic mass is 10.1. The Hall–Kier alpha value is -1.55. The van der Waals surface area contributed by atoms with Crippen LogP contribution >= 0.6 is 0 Å². The summed E-state index contributed by atoms with van der Waals surface area (Å²) in [5.41, 5.74) is 10.3. The second-order valence-corrected chi connectivity index (χ2v) is 6.28. The number of anilines is 1. The third kappa shape index (κ3) is 2.66. The maximum Gasteiger partial charge on any atom is 0.193 e. The van der Waals surface area contributed by atoms with Crippen LogP contribution in [0.3, 0.4) is 0 Å². The molecule has 0 saturated heterocycles. The molecule has 4 heteroatoms. The molecule has 2 aliphatic rings. The molecule has 0 aromatic heterocycles.